The van der Waals surface area contributed by atoms with Crippen molar-refractivity contribution < 1.29 is 22.1 Å². The molecule has 1 aliphatic heterocycles. The molecule has 1 aliphatic rings. The summed E-state index contributed by atoms with van der Waals surface area (Å²) in [4.78, 5) is 12.4. The summed E-state index contributed by atoms with van der Waals surface area (Å²) in [7, 11) is -3.31. The number of allylic oxidation sites excluding steroid dienone is 2. The normalized spacial score (nSPS) is 17.4. The number of ether oxygens (including phenoxy) is 1. The molecule has 0 aromatic heterocycles. The molecule has 25 heavy (non-hydrogen) atoms. The van der Waals surface area contributed by atoms with Crippen LogP contribution in [0.2, 0.25) is 0 Å². The van der Waals surface area contributed by atoms with Crippen LogP contribution in [-0.4, -0.2) is 26.2 Å². The van der Waals surface area contributed by atoms with Crippen LogP contribution in [0.1, 0.15) is 19.4 Å². The van der Waals surface area contributed by atoms with Gasteiger partial charge in [-0.15, -0.1) is 0 Å². The second kappa shape index (κ2) is 7.27. The van der Waals surface area contributed by atoms with Gasteiger partial charge in [0, 0.05) is 6.26 Å². The van der Waals surface area contributed by atoms with Gasteiger partial charge in [-0.3, -0.25) is 0 Å². The summed E-state index contributed by atoms with van der Waals surface area (Å²) in [5.41, 5.74) is 0.226. The van der Waals surface area contributed by atoms with Crippen LogP contribution in [-0.2, 0) is 23.6 Å². The first-order chi connectivity index (χ1) is 11.6. The van der Waals surface area contributed by atoms with Crippen molar-refractivity contribution in [1.82, 2.24) is 0 Å². The van der Waals surface area contributed by atoms with E-state index < -0.39 is 21.4 Å². The lowest BCUT2D eigenvalue weighted by Crippen LogP contribution is -2.22. The van der Waals surface area contributed by atoms with Gasteiger partial charge < -0.3 is 8.92 Å². The van der Waals surface area contributed by atoms with E-state index in [2.05, 4.69) is 6.58 Å². The van der Waals surface area contributed by atoms with Crippen molar-refractivity contribution in [1.29, 1.82) is 0 Å². The Morgan fingerprint density at radius 2 is 1.92 bits per heavy atom. The van der Waals surface area contributed by atoms with Crippen molar-refractivity contribution in [2.24, 2.45) is 0 Å². The van der Waals surface area contributed by atoms with Crippen molar-refractivity contribution in [3.63, 3.8) is 0 Å². The fourth-order valence-electron chi connectivity index (χ4n) is 2.33. The molecule has 0 radical (unpaired) electrons. The minimum Gasteiger partial charge on any atom is -0.449 e. The second-order valence-corrected chi connectivity index (χ2v) is 9.19. The maximum atomic E-state index is 12.2. The number of sulfone groups is 1. The molecule has 8 heteroatoms. The lowest BCUT2D eigenvalue weighted by atomic mass is 9.92. The molecule has 0 N–H and O–H groups in total. The smallest absolute Gasteiger partial charge is 0.376 e. The van der Waals surface area contributed by atoms with Crippen LogP contribution in [0.15, 0.2) is 58.0 Å². The fourth-order valence-corrected chi connectivity index (χ4v) is 3.61. The highest BCUT2D eigenvalue weighted by Gasteiger charge is 2.43. The topological polar surface area (TPSA) is 69.7 Å². The molecule has 1 aromatic rings. The van der Waals surface area contributed by atoms with Crippen molar-refractivity contribution in [2.45, 2.75) is 24.3 Å². The summed E-state index contributed by atoms with van der Waals surface area (Å²) in [6, 6.07) is 6.19. The zero-order chi connectivity index (χ0) is 18.8. The van der Waals surface area contributed by atoms with Gasteiger partial charge in [-0.1, -0.05) is 36.4 Å². The Morgan fingerprint density at radius 1 is 1.32 bits per heavy atom. The molecule has 0 aliphatic carbocycles. The van der Waals surface area contributed by atoms with Crippen LogP contribution >= 0.6 is 23.6 Å². The third-order valence-electron chi connectivity index (χ3n) is 3.39. The van der Waals surface area contributed by atoms with Crippen molar-refractivity contribution >= 4 is 45.0 Å². The van der Waals surface area contributed by atoms with E-state index in [1.54, 1.807) is 26.0 Å². The molecule has 1 aromatic carbocycles. The number of carbonyl (C=O) groups excluding carboxylic acids is 1. The van der Waals surface area contributed by atoms with Crippen molar-refractivity contribution in [2.75, 3.05) is 6.26 Å². The molecular formula is C17H17ClO5S2. The number of benzene rings is 1. The van der Waals surface area contributed by atoms with Gasteiger partial charge in [-0.2, -0.15) is 0 Å². The van der Waals surface area contributed by atoms with E-state index in [0.29, 0.717) is 15.5 Å². The number of hydrogen-bond donors (Lipinski definition) is 0. The molecule has 0 bridgehead atoms. The summed E-state index contributed by atoms with van der Waals surface area (Å²) < 4.78 is 34.3. The number of rotatable bonds is 6. The number of esters is 1. The molecule has 0 atom stereocenters. The number of cyclic esters (lactones) is 1. The van der Waals surface area contributed by atoms with E-state index in [9.17, 15) is 13.2 Å². The lowest BCUT2D eigenvalue weighted by molar-refractivity contribution is -0.145. The molecule has 0 saturated carbocycles. The number of hydrogen-bond acceptors (Lipinski definition) is 6. The van der Waals surface area contributed by atoms with Crippen molar-refractivity contribution in [3.05, 3.63) is 58.7 Å². The molecular weight excluding hydrogens is 384 g/mol. The number of carbonyl (C=O) groups is 1. The van der Waals surface area contributed by atoms with E-state index in [1.807, 2.05) is 0 Å². The van der Waals surface area contributed by atoms with Gasteiger partial charge >= 0.3 is 5.97 Å². The standard InChI is InChI=1S/C17H17ClO5S2/c1-5-6-13(18)24-23-15-14(17(2,3)22-16(15)19)11-7-9-12(10-8-11)25(4,20)21/h5-10H,1H2,2-4H3/b13-6-. The first kappa shape index (κ1) is 19.6. The minimum absolute atomic E-state index is 0.0257. The predicted molar refractivity (Wildman–Crippen MR) is 99.5 cm³/mol. The van der Waals surface area contributed by atoms with Gasteiger partial charge in [0.05, 0.1) is 10.5 Å². The highest BCUT2D eigenvalue weighted by molar-refractivity contribution is 8.00. The Morgan fingerprint density at radius 3 is 2.44 bits per heavy atom. The van der Waals surface area contributed by atoms with Gasteiger partial charge in [0.2, 0.25) is 5.76 Å². The zero-order valence-corrected chi connectivity index (χ0v) is 16.3. The Bertz CT molecular complexity index is 865. The average molecular weight is 401 g/mol. The van der Waals surface area contributed by atoms with Crippen LogP contribution in [0.5, 0.6) is 0 Å². The van der Waals surface area contributed by atoms with Crippen LogP contribution in [0, 0.1) is 0 Å². The first-order valence-electron chi connectivity index (χ1n) is 7.17. The van der Waals surface area contributed by atoms with Gasteiger partial charge in [-0.25, -0.2) is 13.2 Å². The van der Waals surface area contributed by atoms with E-state index in [0.717, 1.165) is 18.3 Å². The molecule has 0 spiro atoms. The van der Waals surface area contributed by atoms with Crippen LogP contribution in [0.25, 0.3) is 5.57 Å². The van der Waals surface area contributed by atoms with E-state index in [4.69, 9.17) is 20.5 Å². The minimum atomic E-state index is -3.31. The van der Waals surface area contributed by atoms with Gasteiger partial charge in [-0.05, 0) is 37.6 Å². The highest BCUT2D eigenvalue weighted by atomic mass is 35.5. The average Bonchev–Trinajstić information content (AvgIpc) is 2.73. The molecule has 0 fully saturated rings. The first-order valence-corrected chi connectivity index (χ1v) is 10.2. The fraction of sp³-hybridized carbons (Fsp3) is 0.235. The molecule has 134 valence electrons. The molecule has 0 amide bonds. The summed E-state index contributed by atoms with van der Waals surface area (Å²) in [5.74, 6) is -0.583. The lowest BCUT2D eigenvalue weighted by Gasteiger charge is -2.21. The quantitative estimate of drug-likeness (QED) is 0.407. The maximum absolute atomic E-state index is 12.2. The van der Waals surface area contributed by atoms with Crippen LogP contribution < -0.4 is 0 Å². The van der Waals surface area contributed by atoms with Crippen LogP contribution in [0.4, 0.5) is 0 Å². The molecule has 2 rings (SSSR count). The molecule has 1 heterocycles. The van der Waals surface area contributed by atoms with Gasteiger partial charge in [0.15, 0.2) is 9.84 Å². The Kier molecular flexibility index (Phi) is 5.71. The molecule has 5 nitrogen and oxygen atoms in total. The highest BCUT2D eigenvalue weighted by Crippen LogP contribution is 2.42. The predicted octanol–water partition coefficient (Wildman–Crippen LogP) is 4.07. The van der Waals surface area contributed by atoms with Gasteiger partial charge in [0.25, 0.3) is 0 Å². The third kappa shape index (κ3) is 4.48. The largest absolute Gasteiger partial charge is 0.449 e. The third-order valence-corrected chi connectivity index (χ3v) is 5.38. The summed E-state index contributed by atoms with van der Waals surface area (Å²) in [6.45, 7) is 6.98. The zero-order valence-electron chi connectivity index (χ0n) is 13.9. The SMILES string of the molecule is C=C/C=C(/Cl)SOC1=C(c2ccc(S(C)(=O)=O)cc2)C(C)(C)OC1=O. The van der Waals surface area contributed by atoms with Crippen LogP contribution in [0.3, 0.4) is 0 Å². The molecule has 0 unspecified atom stereocenters. The summed E-state index contributed by atoms with van der Waals surface area (Å²) in [6.07, 6.45) is 4.15. The maximum Gasteiger partial charge on any atom is 0.376 e. The Balaban J connectivity index is 2.45. The van der Waals surface area contributed by atoms with Gasteiger partial charge in [0.1, 0.15) is 22.0 Å². The number of halogens is 1. The summed E-state index contributed by atoms with van der Waals surface area (Å²) >= 11 is 6.74. The second-order valence-electron chi connectivity index (χ2n) is 5.77. The monoisotopic (exact) mass is 400 g/mol. The Labute approximate surface area is 156 Å². The van der Waals surface area contributed by atoms with Crippen molar-refractivity contribution in [3.8, 4) is 0 Å². The Hall–Kier alpha value is -1.70. The summed E-state index contributed by atoms with van der Waals surface area (Å²) in [5, 5.41) is 0. The van der Waals surface area contributed by atoms with E-state index >= 15 is 0 Å². The van der Waals surface area contributed by atoms with E-state index in [-0.39, 0.29) is 10.7 Å². The van der Waals surface area contributed by atoms with E-state index in [1.165, 1.54) is 24.3 Å². The molecule has 0 saturated heterocycles.